The summed E-state index contributed by atoms with van der Waals surface area (Å²) in [6.07, 6.45) is 2.00. The number of carbonyl (C=O) groups is 1. The number of carbonyl (C=O) groups excluding carboxylic acids is 1. The van der Waals surface area contributed by atoms with E-state index in [0.717, 1.165) is 17.3 Å². The minimum atomic E-state index is -4.53. The van der Waals surface area contributed by atoms with Crippen LogP contribution >= 0.6 is 0 Å². The molecule has 1 aromatic heterocycles. The lowest BCUT2D eigenvalue weighted by Crippen LogP contribution is -2.54. The molecule has 10 heteroatoms. The maximum Gasteiger partial charge on any atom is 0.380 e. The Kier molecular flexibility index (Phi) is 4.88. The lowest BCUT2D eigenvalue weighted by Gasteiger charge is -2.34. The van der Waals surface area contributed by atoms with Gasteiger partial charge in [0.25, 0.3) is 0 Å². The van der Waals surface area contributed by atoms with Gasteiger partial charge < -0.3 is 9.84 Å². The number of alkyl halides is 2. The molecule has 1 aromatic carbocycles. The zero-order valence-electron chi connectivity index (χ0n) is 12.4. The van der Waals surface area contributed by atoms with Gasteiger partial charge in [-0.25, -0.2) is 23.2 Å². The fraction of sp³-hybridized carbons (Fsp3) is 0.357. The van der Waals surface area contributed by atoms with Crippen LogP contribution in [0.3, 0.4) is 0 Å². The monoisotopic (exact) mass is 347 g/mol. The highest BCUT2D eigenvalue weighted by molar-refractivity contribution is 5.79. The quantitative estimate of drug-likeness (QED) is 0.635. The number of esters is 1. The maximum atomic E-state index is 14.6. The summed E-state index contributed by atoms with van der Waals surface area (Å²) in [7, 11) is 0. The summed E-state index contributed by atoms with van der Waals surface area (Å²) in [4.78, 5) is 15.1. The third kappa shape index (κ3) is 3.09. The molecule has 0 bridgehead atoms. The third-order valence-electron chi connectivity index (χ3n) is 3.29. The van der Waals surface area contributed by atoms with Crippen molar-refractivity contribution in [3.05, 3.63) is 48.1 Å². The number of aliphatic hydroxyl groups is 1. The molecule has 0 saturated heterocycles. The molecular weight excluding hydrogens is 334 g/mol. The van der Waals surface area contributed by atoms with E-state index in [1.807, 2.05) is 0 Å². The van der Waals surface area contributed by atoms with Crippen molar-refractivity contribution in [2.45, 2.75) is 25.0 Å². The molecule has 24 heavy (non-hydrogen) atoms. The zero-order valence-corrected chi connectivity index (χ0v) is 12.4. The van der Waals surface area contributed by atoms with E-state index in [4.69, 9.17) is 0 Å². The molecule has 0 aliphatic rings. The van der Waals surface area contributed by atoms with Crippen LogP contribution in [0, 0.1) is 11.6 Å². The molecule has 6 nitrogen and oxygen atoms in total. The highest BCUT2D eigenvalue weighted by Gasteiger charge is 2.62. The van der Waals surface area contributed by atoms with Gasteiger partial charge in [-0.05, 0) is 19.1 Å². The van der Waals surface area contributed by atoms with Gasteiger partial charge in [-0.1, -0.05) is 0 Å². The lowest BCUT2D eigenvalue weighted by molar-refractivity contribution is -0.222. The molecule has 0 aliphatic heterocycles. The third-order valence-corrected chi connectivity index (χ3v) is 3.29. The fourth-order valence-corrected chi connectivity index (χ4v) is 2.12. The van der Waals surface area contributed by atoms with E-state index >= 15 is 0 Å². The molecule has 2 rings (SSSR count). The van der Waals surface area contributed by atoms with E-state index in [1.54, 1.807) is 0 Å². The average molecular weight is 347 g/mol. The first kappa shape index (κ1) is 17.9. The zero-order chi connectivity index (χ0) is 18.0. The van der Waals surface area contributed by atoms with E-state index in [0.29, 0.717) is 18.2 Å². The predicted octanol–water partition coefficient (Wildman–Crippen LogP) is 1.64. The normalized spacial score (nSPS) is 14.2. The lowest BCUT2D eigenvalue weighted by atomic mass is 9.86. The van der Waals surface area contributed by atoms with E-state index in [2.05, 4.69) is 14.8 Å². The summed E-state index contributed by atoms with van der Waals surface area (Å²) in [5, 5.41) is 14.1. The minimum Gasteiger partial charge on any atom is -0.461 e. The number of halogens is 4. The Morgan fingerprint density at radius 2 is 2.08 bits per heavy atom. The highest BCUT2D eigenvalue weighted by atomic mass is 19.3. The summed E-state index contributed by atoms with van der Waals surface area (Å²) in [6.45, 7) is -0.0932. The molecule has 130 valence electrons. The molecule has 0 aliphatic carbocycles. The first-order valence-electron chi connectivity index (χ1n) is 6.77. The number of aromatic nitrogens is 3. The van der Waals surface area contributed by atoms with Crippen molar-refractivity contribution in [1.82, 2.24) is 14.8 Å². The maximum absolute atomic E-state index is 14.6. The fourth-order valence-electron chi connectivity index (χ4n) is 2.12. The van der Waals surface area contributed by atoms with Gasteiger partial charge in [0.05, 0.1) is 13.2 Å². The van der Waals surface area contributed by atoms with Crippen LogP contribution in [0.2, 0.25) is 0 Å². The van der Waals surface area contributed by atoms with E-state index in [9.17, 15) is 27.5 Å². The Hall–Kier alpha value is -2.49. The van der Waals surface area contributed by atoms with Crippen molar-refractivity contribution in [3.8, 4) is 0 Å². The van der Waals surface area contributed by atoms with Crippen LogP contribution < -0.4 is 0 Å². The molecule has 1 unspecified atom stereocenters. The summed E-state index contributed by atoms with van der Waals surface area (Å²) < 4.78 is 61.3. The summed E-state index contributed by atoms with van der Waals surface area (Å²) >= 11 is 0. The van der Waals surface area contributed by atoms with Crippen LogP contribution in [-0.4, -0.2) is 38.4 Å². The van der Waals surface area contributed by atoms with Crippen LogP contribution in [0.25, 0.3) is 0 Å². The molecule has 1 heterocycles. The van der Waals surface area contributed by atoms with Crippen molar-refractivity contribution in [1.29, 1.82) is 0 Å². The van der Waals surface area contributed by atoms with Gasteiger partial charge in [0.2, 0.25) is 0 Å². The van der Waals surface area contributed by atoms with Crippen molar-refractivity contribution in [2.75, 3.05) is 6.61 Å². The number of ether oxygens (including phenoxy) is 1. The number of hydrogen-bond donors (Lipinski definition) is 1. The summed E-state index contributed by atoms with van der Waals surface area (Å²) in [6, 6.07) is 1.64. The molecule has 0 fully saturated rings. The molecule has 0 amide bonds. The molecule has 0 saturated carbocycles. The number of nitrogens with zero attached hydrogens (tertiary/aromatic N) is 3. The summed E-state index contributed by atoms with van der Waals surface area (Å²) in [5.41, 5.74) is -4.34. The van der Waals surface area contributed by atoms with Crippen LogP contribution in [0.1, 0.15) is 12.5 Å². The Labute approximate surface area is 133 Å². The molecular formula is C14H13F4N3O3. The van der Waals surface area contributed by atoms with Crippen molar-refractivity contribution >= 4 is 5.97 Å². The van der Waals surface area contributed by atoms with Gasteiger partial charge in [-0.3, -0.25) is 0 Å². The Morgan fingerprint density at radius 3 is 2.62 bits per heavy atom. The molecule has 2 aromatic rings. The van der Waals surface area contributed by atoms with Crippen molar-refractivity contribution in [2.24, 2.45) is 0 Å². The number of rotatable bonds is 6. The average Bonchev–Trinajstić information content (AvgIpc) is 2.99. The van der Waals surface area contributed by atoms with Gasteiger partial charge in [0.1, 0.15) is 24.3 Å². The molecule has 1 atom stereocenters. The summed E-state index contributed by atoms with van der Waals surface area (Å²) in [5.74, 6) is -9.05. The van der Waals surface area contributed by atoms with Crippen molar-refractivity contribution < 1.29 is 32.2 Å². The number of benzene rings is 1. The van der Waals surface area contributed by atoms with Gasteiger partial charge in [-0.15, -0.1) is 0 Å². The molecule has 0 radical (unpaired) electrons. The van der Waals surface area contributed by atoms with Crippen LogP contribution in [0.4, 0.5) is 17.6 Å². The SMILES string of the molecule is CCOC(=O)C(F)(F)C(O)(Cn1cncn1)c1ccc(F)cc1F. The standard InChI is InChI=1S/C14H13F4N3O3/c1-2-24-12(22)14(17,18)13(23,6-21-8-19-7-20-21)10-4-3-9(15)5-11(10)16/h3-5,7-8,23H,2,6H2,1H3. The van der Waals surface area contributed by atoms with Gasteiger partial charge >= 0.3 is 11.9 Å². The van der Waals surface area contributed by atoms with Crippen LogP contribution in [-0.2, 0) is 21.7 Å². The van der Waals surface area contributed by atoms with Crippen LogP contribution in [0.5, 0.6) is 0 Å². The van der Waals surface area contributed by atoms with Gasteiger partial charge in [-0.2, -0.15) is 13.9 Å². The number of hydrogen-bond acceptors (Lipinski definition) is 5. The first-order chi connectivity index (χ1) is 11.2. The van der Waals surface area contributed by atoms with Gasteiger partial charge in [0.15, 0.2) is 5.60 Å². The minimum absolute atomic E-state index is 0.322. The predicted molar refractivity (Wildman–Crippen MR) is 71.9 cm³/mol. The second-order valence-electron chi connectivity index (χ2n) is 4.87. The van der Waals surface area contributed by atoms with Crippen LogP contribution in [0.15, 0.2) is 30.9 Å². The Balaban J connectivity index is 2.58. The highest BCUT2D eigenvalue weighted by Crippen LogP contribution is 2.41. The van der Waals surface area contributed by atoms with Crippen molar-refractivity contribution in [3.63, 3.8) is 0 Å². The second kappa shape index (κ2) is 6.56. The van der Waals surface area contributed by atoms with E-state index in [-0.39, 0.29) is 6.61 Å². The van der Waals surface area contributed by atoms with E-state index in [1.165, 1.54) is 6.92 Å². The van der Waals surface area contributed by atoms with E-state index < -0.39 is 41.2 Å². The largest absolute Gasteiger partial charge is 0.461 e. The molecule has 1 N–H and O–H groups in total. The first-order valence-corrected chi connectivity index (χ1v) is 6.77. The molecule has 0 spiro atoms. The Bertz CT molecular complexity index is 724. The second-order valence-corrected chi connectivity index (χ2v) is 4.87. The smallest absolute Gasteiger partial charge is 0.380 e. The Morgan fingerprint density at radius 1 is 1.38 bits per heavy atom. The topological polar surface area (TPSA) is 77.2 Å². The van der Waals surface area contributed by atoms with Gasteiger partial charge in [0, 0.05) is 11.6 Å².